The van der Waals surface area contributed by atoms with Crippen molar-refractivity contribution in [2.45, 2.75) is 18.9 Å². The average molecular weight is 397 g/mol. The molecule has 0 spiro atoms. The van der Waals surface area contributed by atoms with E-state index in [0.29, 0.717) is 16.8 Å². The van der Waals surface area contributed by atoms with Gasteiger partial charge < -0.3 is 4.55 Å². The Hall–Kier alpha value is -2.52. The molecule has 0 aliphatic carbocycles. The molecule has 0 aliphatic rings. The number of rotatable bonds is 4. The van der Waals surface area contributed by atoms with Crippen LogP contribution in [0.3, 0.4) is 0 Å². The highest BCUT2D eigenvalue weighted by Crippen LogP contribution is 2.33. The van der Waals surface area contributed by atoms with E-state index >= 15 is 0 Å². The Labute approximate surface area is 154 Å². The first kappa shape index (κ1) is 19.2. The summed E-state index contributed by atoms with van der Waals surface area (Å²) in [5.74, 6) is -0.847. The monoisotopic (exact) mass is 397 g/mol. The van der Waals surface area contributed by atoms with Gasteiger partial charge in [-0.15, -0.1) is 0 Å². The Bertz CT molecular complexity index is 977. The van der Waals surface area contributed by atoms with E-state index < -0.39 is 28.8 Å². The molecule has 3 aromatic rings. The third kappa shape index (κ3) is 4.42. The Balaban J connectivity index is 2.13. The van der Waals surface area contributed by atoms with E-state index in [4.69, 9.17) is 0 Å². The summed E-state index contributed by atoms with van der Waals surface area (Å²) in [4.78, 5) is 3.65. The lowest BCUT2D eigenvalue weighted by atomic mass is 10.1. The molecule has 0 N–H and O–H groups in total. The first-order valence-corrected chi connectivity index (χ1v) is 8.97. The summed E-state index contributed by atoms with van der Waals surface area (Å²) in [6, 6.07) is 9.88. The zero-order valence-electron chi connectivity index (χ0n) is 14.0. The van der Waals surface area contributed by atoms with Crippen molar-refractivity contribution in [1.29, 1.82) is 0 Å². The van der Waals surface area contributed by atoms with Crippen LogP contribution in [0.4, 0.5) is 17.6 Å². The van der Waals surface area contributed by atoms with Gasteiger partial charge in [0.2, 0.25) is 0 Å². The molecule has 0 saturated carbocycles. The van der Waals surface area contributed by atoms with E-state index in [0.717, 1.165) is 12.3 Å². The van der Waals surface area contributed by atoms with Crippen molar-refractivity contribution in [3.8, 4) is 17.1 Å². The minimum Gasteiger partial charge on any atom is -0.772 e. The van der Waals surface area contributed by atoms with E-state index in [2.05, 4.69) is 4.98 Å². The molecule has 4 nitrogen and oxygen atoms in total. The number of nitrogens with zero attached hydrogens (tertiary/aromatic N) is 2. The van der Waals surface area contributed by atoms with Gasteiger partial charge in [-0.1, -0.05) is 23.2 Å². The van der Waals surface area contributed by atoms with Gasteiger partial charge in [0.25, 0.3) is 0 Å². The summed E-state index contributed by atoms with van der Waals surface area (Å²) in [7, 11) is 0. The highest BCUT2D eigenvalue weighted by Gasteiger charge is 2.35. The molecule has 0 saturated heterocycles. The van der Waals surface area contributed by atoms with Crippen LogP contribution in [0.25, 0.3) is 17.1 Å². The number of imidazole rings is 1. The van der Waals surface area contributed by atoms with Gasteiger partial charge in [0.05, 0.1) is 0 Å². The van der Waals surface area contributed by atoms with Gasteiger partial charge >= 0.3 is 6.18 Å². The van der Waals surface area contributed by atoms with Gasteiger partial charge in [0.15, 0.2) is 5.69 Å². The van der Waals surface area contributed by atoms with E-state index in [-0.39, 0.29) is 17.1 Å². The molecule has 0 bridgehead atoms. The Kier molecular flexibility index (Phi) is 5.16. The molecule has 1 atom stereocenters. The summed E-state index contributed by atoms with van der Waals surface area (Å²) in [5.41, 5.74) is 0.472. The minimum atomic E-state index is -4.66. The summed E-state index contributed by atoms with van der Waals surface area (Å²) >= 11 is -2.27. The molecule has 0 fully saturated rings. The van der Waals surface area contributed by atoms with E-state index in [1.807, 2.05) is 0 Å². The van der Waals surface area contributed by atoms with Crippen LogP contribution >= 0.6 is 0 Å². The SMILES string of the molecule is Cc1cc(F)cc(-c2nc(C(F)(F)F)cn2-c2ccc(CS(=O)[O-])cc2)c1. The topological polar surface area (TPSA) is 58.0 Å². The van der Waals surface area contributed by atoms with Crippen LogP contribution in [0.1, 0.15) is 16.8 Å². The van der Waals surface area contributed by atoms with Crippen LogP contribution in [0, 0.1) is 12.7 Å². The first-order chi connectivity index (χ1) is 12.6. The highest BCUT2D eigenvalue weighted by molar-refractivity contribution is 7.78. The smallest absolute Gasteiger partial charge is 0.434 e. The lowest BCUT2D eigenvalue weighted by Gasteiger charge is -2.10. The molecule has 1 heterocycles. The van der Waals surface area contributed by atoms with Crippen LogP contribution in [0.5, 0.6) is 0 Å². The predicted octanol–water partition coefficient (Wildman–Crippen LogP) is 4.38. The fourth-order valence-corrected chi connectivity index (χ4v) is 3.14. The molecule has 1 unspecified atom stereocenters. The number of hydrogen-bond donors (Lipinski definition) is 0. The van der Waals surface area contributed by atoms with Gasteiger partial charge in [-0.25, -0.2) is 9.37 Å². The summed E-state index contributed by atoms with van der Waals surface area (Å²) in [6.07, 6.45) is -3.84. The van der Waals surface area contributed by atoms with Crippen LogP contribution < -0.4 is 0 Å². The second kappa shape index (κ2) is 7.24. The number of aryl methyl sites for hydroxylation is 1. The maximum Gasteiger partial charge on any atom is 0.434 e. The summed E-state index contributed by atoms with van der Waals surface area (Å²) in [6.45, 7) is 1.63. The highest BCUT2D eigenvalue weighted by atomic mass is 32.2. The zero-order valence-corrected chi connectivity index (χ0v) is 14.8. The molecule has 9 heteroatoms. The van der Waals surface area contributed by atoms with Crippen molar-refractivity contribution in [3.63, 3.8) is 0 Å². The number of halogens is 4. The van der Waals surface area contributed by atoms with Crippen LogP contribution in [0.2, 0.25) is 0 Å². The van der Waals surface area contributed by atoms with Crippen LogP contribution in [0.15, 0.2) is 48.7 Å². The van der Waals surface area contributed by atoms with Gasteiger partial charge in [-0.05, 0) is 48.4 Å². The van der Waals surface area contributed by atoms with Crippen molar-refractivity contribution in [2.75, 3.05) is 0 Å². The molecule has 0 aliphatic heterocycles. The van der Waals surface area contributed by atoms with Gasteiger partial charge in [-0.3, -0.25) is 8.78 Å². The summed E-state index contributed by atoms with van der Waals surface area (Å²) < 4.78 is 76.0. The molecule has 1 aromatic heterocycles. The molecule has 142 valence electrons. The van der Waals surface area contributed by atoms with Crippen molar-refractivity contribution >= 4 is 11.1 Å². The second-order valence-electron chi connectivity index (χ2n) is 5.95. The maximum absolute atomic E-state index is 13.7. The number of benzene rings is 2. The fraction of sp³-hybridized carbons (Fsp3) is 0.167. The Morgan fingerprint density at radius 2 is 1.81 bits per heavy atom. The molecule has 0 amide bonds. The van der Waals surface area contributed by atoms with Crippen molar-refractivity contribution in [2.24, 2.45) is 0 Å². The Morgan fingerprint density at radius 3 is 2.37 bits per heavy atom. The molecular weight excluding hydrogens is 384 g/mol. The molecule has 3 rings (SSSR count). The van der Waals surface area contributed by atoms with E-state index in [9.17, 15) is 26.3 Å². The largest absolute Gasteiger partial charge is 0.772 e. The predicted molar refractivity (Wildman–Crippen MR) is 91.3 cm³/mol. The van der Waals surface area contributed by atoms with Crippen molar-refractivity contribution in [3.05, 3.63) is 71.3 Å². The lowest BCUT2D eigenvalue weighted by Crippen LogP contribution is -2.05. The zero-order chi connectivity index (χ0) is 19.8. The van der Waals surface area contributed by atoms with Gasteiger partial charge in [0, 0.05) is 23.2 Å². The van der Waals surface area contributed by atoms with E-state index in [1.165, 1.54) is 41.0 Å². The lowest BCUT2D eigenvalue weighted by molar-refractivity contribution is -0.140. The fourth-order valence-electron chi connectivity index (χ4n) is 2.67. The minimum absolute atomic E-state index is 0.0647. The van der Waals surface area contributed by atoms with Crippen molar-refractivity contribution in [1.82, 2.24) is 9.55 Å². The quantitative estimate of drug-likeness (QED) is 0.485. The molecular formula is C18H13F4N2O2S-. The Morgan fingerprint density at radius 1 is 1.15 bits per heavy atom. The van der Waals surface area contributed by atoms with Crippen molar-refractivity contribution < 1.29 is 26.3 Å². The number of alkyl halides is 3. The average Bonchev–Trinajstić information content (AvgIpc) is 2.99. The normalized spacial score (nSPS) is 13.0. The molecule has 2 aromatic carbocycles. The standard InChI is InChI=1S/C18H14F4N2O2S/c1-11-6-13(8-14(19)7-11)17-23-16(18(20,21)22)9-24(17)15-4-2-12(3-5-15)10-27(25)26/h2-9H,10H2,1H3,(H,25,26)/p-1. The third-order valence-electron chi connectivity index (χ3n) is 3.80. The molecule has 27 heavy (non-hydrogen) atoms. The van der Waals surface area contributed by atoms with Gasteiger partial charge in [0.1, 0.15) is 11.6 Å². The summed E-state index contributed by atoms with van der Waals surface area (Å²) in [5, 5.41) is 0. The molecule has 0 radical (unpaired) electrons. The van der Waals surface area contributed by atoms with Crippen LogP contribution in [-0.2, 0) is 23.0 Å². The number of hydrogen-bond acceptors (Lipinski definition) is 3. The van der Waals surface area contributed by atoms with E-state index in [1.54, 1.807) is 6.92 Å². The van der Waals surface area contributed by atoms with Crippen LogP contribution in [-0.4, -0.2) is 18.3 Å². The maximum atomic E-state index is 13.7. The third-order valence-corrected chi connectivity index (χ3v) is 4.36. The van der Waals surface area contributed by atoms with Gasteiger partial charge in [-0.2, -0.15) is 13.2 Å². The first-order valence-electron chi connectivity index (χ1n) is 7.73. The number of aromatic nitrogens is 2. The second-order valence-corrected chi connectivity index (χ2v) is 6.85.